The van der Waals surface area contributed by atoms with Gasteiger partial charge in [-0.15, -0.1) is 16.1 Å². The fraction of sp³-hybridized carbons (Fsp3) is 0.600. The molecule has 6 nitrogen and oxygen atoms in total. The number of esters is 1. The van der Waals surface area contributed by atoms with E-state index in [9.17, 15) is 14.5 Å². The molecule has 1 aromatic heterocycles. The lowest BCUT2D eigenvalue weighted by Crippen LogP contribution is -2.39. The fourth-order valence-electron chi connectivity index (χ4n) is 1.78. The highest BCUT2D eigenvalue weighted by atomic mass is 32.2. The Morgan fingerprint density at radius 2 is 2.26 bits per heavy atom. The lowest BCUT2D eigenvalue weighted by atomic mass is 9.99. The third-order valence-electron chi connectivity index (χ3n) is 3.15. The Morgan fingerprint density at radius 1 is 1.61 bits per heavy atom. The average Bonchev–Trinajstić information content (AvgIpc) is 2.96. The summed E-state index contributed by atoms with van der Waals surface area (Å²) < 4.78 is 19.7. The van der Waals surface area contributed by atoms with Crippen LogP contribution in [0.5, 0.6) is 0 Å². The first kappa shape index (κ1) is 20.1. The molecule has 0 amide bonds. The lowest BCUT2D eigenvalue weighted by Gasteiger charge is -2.24. The van der Waals surface area contributed by atoms with Crippen LogP contribution in [0.1, 0.15) is 55.7 Å². The molecule has 0 spiro atoms. The number of ether oxygens (including phenoxy) is 1. The van der Waals surface area contributed by atoms with Crippen molar-refractivity contribution < 1.29 is 19.2 Å². The van der Waals surface area contributed by atoms with Crippen molar-refractivity contribution in [2.75, 3.05) is 6.61 Å². The molecule has 0 saturated heterocycles. The largest absolute Gasteiger partial charge is 0.593 e. The molecule has 0 aliphatic carbocycles. The summed E-state index contributed by atoms with van der Waals surface area (Å²) >= 11 is -0.139. The van der Waals surface area contributed by atoms with Gasteiger partial charge in [-0.25, -0.2) is 9.78 Å². The van der Waals surface area contributed by atoms with E-state index in [4.69, 9.17) is 4.74 Å². The summed E-state index contributed by atoms with van der Waals surface area (Å²) in [4.78, 5) is 16.3. The summed E-state index contributed by atoms with van der Waals surface area (Å²) in [6.07, 6.45) is -0.503. The van der Waals surface area contributed by atoms with Crippen LogP contribution in [-0.2, 0) is 16.1 Å². The summed E-state index contributed by atoms with van der Waals surface area (Å²) in [5.41, 5.74) is 0.200. The number of rotatable bonds is 9. The minimum atomic E-state index is -1.35. The molecular weight excluding hydrogens is 336 g/mol. The lowest BCUT2D eigenvalue weighted by molar-refractivity contribution is 0.0519. The quantitative estimate of drug-likeness (QED) is 0.519. The van der Waals surface area contributed by atoms with E-state index < -0.39 is 23.4 Å². The minimum absolute atomic E-state index is 0.164. The second-order valence-corrected chi connectivity index (χ2v) is 7.84. The van der Waals surface area contributed by atoms with Crippen molar-refractivity contribution in [2.24, 2.45) is 5.92 Å². The summed E-state index contributed by atoms with van der Waals surface area (Å²) in [5, 5.41) is 12.4. The number of carbonyl (C=O) groups is 1. The van der Waals surface area contributed by atoms with Gasteiger partial charge < -0.3 is 14.4 Å². The second-order valence-electron chi connectivity index (χ2n) is 5.48. The topological polar surface area (TPSA) is 94.5 Å². The van der Waals surface area contributed by atoms with E-state index in [1.165, 1.54) is 11.3 Å². The van der Waals surface area contributed by atoms with Gasteiger partial charge in [-0.05, 0) is 25.8 Å². The Morgan fingerprint density at radius 3 is 2.78 bits per heavy atom. The number of aliphatic hydroxyl groups is 1. The third kappa shape index (κ3) is 6.23. The van der Waals surface area contributed by atoms with Gasteiger partial charge in [-0.3, -0.25) is 0 Å². The highest BCUT2D eigenvalue weighted by Crippen LogP contribution is 2.25. The van der Waals surface area contributed by atoms with Crippen LogP contribution in [0.4, 0.5) is 0 Å². The maximum atomic E-state index is 11.9. The molecule has 130 valence electrons. The summed E-state index contributed by atoms with van der Waals surface area (Å²) in [7, 11) is 0. The number of aromatic nitrogens is 1. The summed E-state index contributed by atoms with van der Waals surface area (Å²) in [5.74, 6) is -0.332. The molecule has 1 aromatic rings. The average molecular weight is 361 g/mol. The van der Waals surface area contributed by atoms with Crippen molar-refractivity contribution in [1.29, 1.82) is 0 Å². The molecule has 0 saturated carbocycles. The Balaban J connectivity index is 2.73. The van der Waals surface area contributed by atoms with Gasteiger partial charge in [0.1, 0.15) is 16.0 Å². The maximum Gasteiger partial charge on any atom is 0.357 e. The minimum Gasteiger partial charge on any atom is -0.593 e. The van der Waals surface area contributed by atoms with Gasteiger partial charge in [0, 0.05) is 12.3 Å². The Bertz CT molecular complexity index is 533. The number of hydrogen-bond donors (Lipinski definition) is 2. The zero-order valence-corrected chi connectivity index (χ0v) is 15.5. The molecule has 2 N–H and O–H groups in total. The maximum absolute atomic E-state index is 11.9. The van der Waals surface area contributed by atoms with Gasteiger partial charge in [-0.1, -0.05) is 13.8 Å². The van der Waals surface area contributed by atoms with Crippen molar-refractivity contribution in [3.05, 3.63) is 27.6 Å². The van der Waals surface area contributed by atoms with Crippen LogP contribution in [0.3, 0.4) is 0 Å². The number of hydrogen-bond acceptors (Lipinski definition) is 7. The predicted octanol–water partition coefficient (Wildman–Crippen LogP) is 2.55. The standard InChI is InChI=1S/C15H24N2O4S2/c1-6-21-15(19)12-8-22-14(16-12)13(18)7-11(9(2)3)17-23(20)10(4)5/h8-9,11,13,17-18H,4,6-7H2,1-3,5H3/t11-,13-,23+/m1/s1. The molecular formula is C15H24N2O4S2. The van der Waals surface area contributed by atoms with E-state index in [1.807, 2.05) is 13.8 Å². The number of nitrogens with one attached hydrogen (secondary N) is 1. The van der Waals surface area contributed by atoms with Crippen LogP contribution in [0.15, 0.2) is 16.9 Å². The van der Waals surface area contributed by atoms with E-state index in [0.717, 1.165) is 0 Å². The zero-order valence-electron chi connectivity index (χ0n) is 13.9. The molecule has 0 aliphatic heterocycles. The highest BCUT2D eigenvalue weighted by molar-refractivity contribution is 7.93. The molecule has 0 fully saturated rings. The van der Waals surface area contributed by atoms with Crippen molar-refractivity contribution in [3.8, 4) is 0 Å². The van der Waals surface area contributed by atoms with Gasteiger partial charge in [-0.2, -0.15) is 0 Å². The zero-order chi connectivity index (χ0) is 17.6. The van der Waals surface area contributed by atoms with Gasteiger partial charge >= 0.3 is 5.97 Å². The van der Waals surface area contributed by atoms with Crippen LogP contribution >= 0.6 is 11.3 Å². The van der Waals surface area contributed by atoms with Gasteiger partial charge in [0.15, 0.2) is 5.69 Å². The van der Waals surface area contributed by atoms with E-state index in [2.05, 4.69) is 16.3 Å². The third-order valence-corrected chi connectivity index (χ3v) is 5.24. The Hall–Kier alpha value is -0.930. The highest BCUT2D eigenvalue weighted by Gasteiger charge is 2.26. The van der Waals surface area contributed by atoms with E-state index >= 15 is 0 Å². The molecule has 23 heavy (non-hydrogen) atoms. The number of aliphatic hydroxyl groups excluding tert-OH is 1. The summed E-state index contributed by atoms with van der Waals surface area (Å²) in [6, 6.07) is -0.169. The normalized spacial score (nSPS) is 15.3. The van der Waals surface area contributed by atoms with Crippen LogP contribution in [0.2, 0.25) is 0 Å². The Labute approximate surface area is 144 Å². The van der Waals surface area contributed by atoms with E-state index in [1.54, 1.807) is 19.2 Å². The number of carbonyl (C=O) groups excluding carboxylic acids is 1. The van der Waals surface area contributed by atoms with E-state index in [0.29, 0.717) is 16.3 Å². The molecule has 0 aliphatic rings. The molecule has 1 rings (SSSR count). The van der Waals surface area contributed by atoms with Crippen molar-refractivity contribution in [1.82, 2.24) is 9.71 Å². The molecule has 0 bridgehead atoms. The van der Waals surface area contributed by atoms with Crippen molar-refractivity contribution in [2.45, 2.75) is 46.3 Å². The first-order chi connectivity index (χ1) is 10.8. The molecule has 0 unspecified atom stereocenters. The second kappa shape index (κ2) is 9.39. The summed E-state index contributed by atoms with van der Waals surface area (Å²) in [6.45, 7) is 11.3. The molecule has 8 heteroatoms. The Kier molecular flexibility index (Phi) is 8.21. The molecule has 1 heterocycles. The van der Waals surface area contributed by atoms with Crippen molar-refractivity contribution in [3.63, 3.8) is 0 Å². The molecule has 0 radical (unpaired) electrons. The van der Waals surface area contributed by atoms with Crippen LogP contribution < -0.4 is 4.72 Å². The number of nitrogens with zero attached hydrogens (tertiary/aromatic N) is 1. The monoisotopic (exact) mass is 360 g/mol. The van der Waals surface area contributed by atoms with Gasteiger partial charge in [0.05, 0.1) is 24.0 Å². The first-order valence-corrected chi connectivity index (χ1v) is 9.43. The van der Waals surface area contributed by atoms with Crippen LogP contribution in [-0.4, -0.2) is 33.3 Å². The van der Waals surface area contributed by atoms with Crippen LogP contribution in [0.25, 0.3) is 0 Å². The van der Waals surface area contributed by atoms with Crippen molar-refractivity contribution >= 4 is 28.7 Å². The van der Waals surface area contributed by atoms with Crippen LogP contribution in [0, 0.1) is 5.92 Å². The predicted molar refractivity (Wildman–Crippen MR) is 92.4 cm³/mol. The van der Waals surface area contributed by atoms with E-state index in [-0.39, 0.29) is 24.3 Å². The van der Waals surface area contributed by atoms with Gasteiger partial charge in [0.2, 0.25) is 0 Å². The molecule has 0 aromatic carbocycles. The smallest absolute Gasteiger partial charge is 0.357 e. The van der Waals surface area contributed by atoms with Gasteiger partial charge in [0.25, 0.3) is 0 Å². The molecule has 3 atom stereocenters. The number of thiazole rings is 1. The SMILES string of the molecule is C=C(C)[S@+]([O-])N[C@H](C[C@@H](O)c1nc(C(=O)OCC)cs1)C(C)C. The number of allylic oxidation sites excluding steroid dienone is 1. The first-order valence-electron chi connectivity index (χ1n) is 7.40. The fourth-order valence-corrected chi connectivity index (χ4v) is 3.41.